The molecule has 4 aliphatic heterocycles. The molecule has 12 unspecified atom stereocenters. The van der Waals surface area contributed by atoms with Crippen molar-refractivity contribution in [1.82, 2.24) is 0 Å². The van der Waals surface area contributed by atoms with Crippen LogP contribution in [0.5, 0.6) is 11.5 Å². The molecule has 15 heteroatoms. The van der Waals surface area contributed by atoms with Crippen LogP contribution < -0.4 is 4.74 Å². The lowest BCUT2D eigenvalue weighted by molar-refractivity contribution is -0.350. The molecule has 6 rings (SSSR count). The summed E-state index contributed by atoms with van der Waals surface area (Å²) in [6.07, 6.45) is -11.7. The number of rotatable bonds is 6. The van der Waals surface area contributed by atoms with Gasteiger partial charge in [-0.2, -0.15) is 0 Å². The summed E-state index contributed by atoms with van der Waals surface area (Å²) in [5.41, 5.74) is -1.14. The van der Waals surface area contributed by atoms with Crippen molar-refractivity contribution >= 4 is 17.5 Å². The van der Waals surface area contributed by atoms with E-state index in [1.807, 2.05) is 0 Å². The zero-order valence-electron chi connectivity index (χ0n) is 23.2. The molecule has 1 aliphatic carbocycles. The van der Waals surface area contributed by atoms with Gasteiger partial charge in [0.2, 0.25) is 6.29 Å². The van der Waals surface area contributed by atoms with Crippen LogP contribution in [0, 0.1) is 11.8 Å². The summed E-state index contributed by atoms with van der Waals surface area (Å²) in [5.74, 6) is -3.60. The third kappa shape index (κ3) is 4.34. The van der Waals surface area contributed by atoms with Crippen molar-refractivity contribution in [1.29, 1.82) is 0 Å². The smallest absolute Gasteiger partial charge is 0.337 e. The van der Waals surface area contributed by atoms with Crippen LogP contribution in [0.25, 0.3) is 5.57 Å². The molecule has 12 atom stereocenters. The van der Waals surface area contributed by atoms with Crippen molar-refractivity contribution in [3.8, 4) is 11.5 Å². The van der Waals surface area contributed by atoms with Crippen LogP contribution in [0.15, 0.2) is 35.6 Å². The van der Waals surface area contributed by atoms with Crippen molar-refractivity contribution in [3.05, 3.63) is 41.2 Å². The highest BCUT2D eigenvalue weighted by Gasteiger charge is 2.81. The van der Waals surface area contributed by atoms with Crippen molar-refractivity contribution in [2.45, 2.75) is 67.8 Å². The van der Waals surface area contributed by atoms with Gasteiger partial charge in [0.25, 0.3) is 0 Å². The maximum atomic E-state index is 13.5. The average molecular weight is 609 g/mol. The molecule has 1 aromatic carbocycles. The minimum Gasteiger partial charge on any atom is -0.504 e. The zero-order chi connectivity index (χ0) is 31.0. The number of carbonyl (C=O) groups excluding carboxylic acids is 2. The Morgan fingerprint density at radius 3 is 2.47 bits per heavy atom. The van der Waals surface area contributed by atoms with Gasteiger partial charge in [-0.15, -0.1) is 0 Å². The highest BCUT2D eigenvalue weighted by Crippen LogP contribution is 2.64. The molecule has 1 aromatic rings. The van der Waals surface area contributed by atoms with E-state index in [1.165, 1.54) is 32.4 Å². The van der Waals surface area contributed by atoms with E-state index in [0.717, 1.165) is 6.26 Å². The summed E-state index contributed by atoms with van der Waals surface area (Å²) in [6.45, 7) is 0.879. The van der Waals surface area contributed by atoms with Crippen molar-refractivity contribution < 1.29 is 73.4 Å². The molecule has 1 spiro atoms. The largest absolute Gasteiger partial charge is 0.504 e. The molecule has 6 N–H and O–H groups in total. The lowest BCUT2D eigenvalue weighted by Crippen LogP contribution is -2.62. The number of aromatic hydroxyl groups is 1. The topological polar surface area (TPSA) is 223 Å². The molecule has 0 aromatic heterocycles. The molecular weight excluding hydrogens is 576 g/mol. The van der Waals surface area contributed by atoms with Gasteiger partial charge < -0.3 is 63.8 Å². The number of phenols is 1. The number of epoxide rings is 1. The van der Waals surface area contributed by atoms with E-state index in [9.17, 15) is 40.2 Å². The maximum absolute atomic E-state index is 13.5. The number of hydrogen-bond donors (Lipinski definition) is 6. The fourth-order valence-corrected chi connectivity index (χ4v) is 6.72. The zero-order valence-corrected chi connectivity index (χ0v) is 23.2. The first kappa shape index (κ1) is 29.8. The van der Waals surface area contributed by atoms with Gasteiger partial charge in [-0.25, -0.2) is 9.59 Å². The average Bonchev–Trinajstić information content (AvgIpc) is 3.69. The van der Waals surface area contributed by atoms with Gasteiger partial charge in [0.05, 0.1) is 50.3 Å². The molecule has 1 saturated carbocycles. The Kier molecular flexibility index (Phi) is 7.42. The second-order valence-electron chi connectivity index (χ2n) is 11.0. The first-order valence-corrected chi connectivity index (χ1v) is 13.5. The predicted molar refractivity (Wildman–Crippen MR) is 138 cm³/mol. The molecule has 5 aliphatic rings. The van der Waals surface area contributed by atoms with E-state index in [2.05, 4.69) is 0 Å². The summed E-state index contributed by atoms with van der Waals surface area (Å²) in [6, 6.07) is 4.40. The Bertz CT molecular complexity index is 1370. The number of fused-ring (bicyclic) bond motifs is 5. The van der Waals surface area contributed by atoms with Crippen LogP contribution in [0.3, 0.4) is 0 Å². The highest BCUT2D eigenvalue weighted by molar-refractivity contribution is 6.01. The number of hydrogen-bond acceptors (Lipinski definition) is 15. The molecular formula is C28H32O15. The molecule has 234 valence electrons. The summed E-state index contributed by atoms with van der Waals surface area (Å²) >= 11 is 0. The molecule has 15 nitrogen and oxygen atoms in total. The van der Waals surface area contributed by atoms with E-state index in [0.29, 0.717) is 11.1 Å². The first-order valence-electron chi connectivity index (χ1n) is 13.5. The second-order valence-corrected chi connectivity index (χ2v) is 11.0. The van der Waals surface area contributed by atoms with Gasteiger partial charge in [-0.3, -0.25) is 0 Å². The van der Waals surface area contributed by atoms with Gasteiger partial charge in [0, 0.05) is 5.92 Å². The van der Waals surface area contributed by atoms with E-state index < -0.39 is 91.3 Å². The maximum Gasteiger partial charge on any atom is 0.337 e. The Morgan fingerprint density at radius 1 is 1.05 bits per heavy atom. The summed E-state index contributed by atoms with van der Waals surface area (Å²) in [7, 11) is 2.54. The van der Waals surface area contributed by atoms with E-state index >= 15 is 0 Å². The van der Waals surface area contributed by atoms with Crippen molar-refractivity contribution in [3.63, 3.8) is 0 Å². The number of esters is 2. The number of ether oxygens (including phenoxy) is 7. The predicted octanol–water partition coefficient (Wildman–Crippen LogP) is -1.93. The Labute approximate surface area is 244 Å². The van der Waals surface area contributed by atoms with E-state index in [4.69, 9.17) is 33.2 Å². The van der Waals surface area contributed by atoms with Crippen LogP contribution in [0.1, 0.15) is 12.5 Å². The van der Waals surface area contributed by atoms with Gasteiger partial charge in [0.1, 0.15) is 36.6 Å². The number of benzene rings is 1. The number of methoxy groups -OCH3 is 2. The van der Waals surface area contributed by atoms with Crippen LogP contribution in [0.4, 0.5) is 0 Å². The van der Waals surface area contributed by atoms with Crippen molar-refractivity contribution in [2.75, 3.05) is 20.8 Å². The van der Waals surface area contributed by atoms with E-state index in [1.54, 1.807) is 6.92 Å². The Balaban J connectivity index is 1.40. The van der Waals surface area contributed by atoms with E-state index in [-0.39, 0.29) is 22.6 Å². The number of allylic oxidation sites excluding steroid dienone is 1. The molecule has 0 amide bonds. The number of phenolic OH excluding ortho intramolecular Hbond substituents is 1. The van der Waals surface area contributed by atoms with Crippen molar-refractivity contribution in [2.24, 2.45) is 11.8 Å². The Hall–Kier alpha value is -3.28. The number of aliphatic hydroxyl groups is 5. The lowest BCUT2D eigenvalue weighted by Gasteiger charge is -2.45. The van der Waals surface area contributed by atoms with Crippen LogP contribution in [-0.2, 0) is 38.0 Å². The van der Waals surface area contributed by atoms with Gasteiger partial charge >= 0.3 is 11.9 Å². The number of carbonyl (C=O) groups is 2. The molecule has 0 bridgehead atoms. The standard InChI is InChI=1S/C28H32O15/c1-9(10-4-5-12(30)13(6-10)37-2)15-22(34)28(43-25(15)36)17-16(21-23(28)41-21)11(24(35)38-3)8-39-26(17)42-27-20(33)19(32)18(31)14(7-29)40-27/h4-6,8,14,16-23,26-27,29-34H,7H2,1-3H3. The minimum atomic E-state index is -1.84. The third-order valence-corrected chi connectivity index (χ3v) is 8.96. The summed E-state index contributed by atoms with van der Waals surface area (Å²) in [5, 5.41) is 62.5. The lowest BCUT2D eigenvalue weighted by atomic mass is 9.75. The third-order valence-electron chi connectivity index (χ3n) is 8.96. The SMILES string of the molecule is COC(=O)C1=COC(OC2OC(CO)C(O)C(O)C2O)C2C1C1OC1C21OC(=O)C(=C(C)c2ccc(O)c(OC)c2)C1O. The van der Waals surface area contributed by atoms with Crippen LogP contribution in [-0.4, -0.2) is 124 Å². The minimum absolute atomic E-state index is 0.0335. The second kappa shape index (κ2) is 10.7. The molecule has 4 heterocycles. The van der Waals surface area contributed by atoms with Gasteiger partial charge in [-0.05, 0) is 30.2 Å². The number of aliphatic hydroxyl groups excluding tert-OH is 5. The highest BCUT2D eigenvalue weighted by atomic mass is 16.8. The summed E-state index contributed by atoms with van der Waals surface area (Å²) in [4.78, 5) is 26.2. The fourth-order valence-electron chi connectivity index (χ4n) is 6.72. The van der Waals surface area contributed by atoms with Gasteiger partial charge in [-0.1, -0.05) is 6.07 Å². The molecule has 4 fully saturated rings. The summed E-state index contributed by atoms with van der Waals surface area (Å²) < 4.78 is 39.1. The van der Waals surface area contributed by atoms with Crippen LogP contribution in [0.2, 0.25) is 0 Å². The monoisotopic (exact) mass is 608 g/mol. The quantitative estimate of drug-likeness (QED) is 0.118. The van der Waals surface area contributed by atoms with Crippen LogP contribution >= 0.6 is 0 Å². The molecule has 3 saturated heterocycles. The Morgan fingerprint density at radius 2 is 1.79 bits per heavy atom. The molecule has 0 radical (unpaired) electrons. The normalized spacial score (nSPS) is 42.4. The fraction of sp³-hybridized carbons (Fsp3) is 0.571. The first-order chi connectivity index (χ1) is 20.5. The molecule has 43 heavy (non-hydrogen) atoms. The van der Waals surface area contributed by atoms with Gasteiger partial charge in [0.15, 0.2) is 23.4 Å².